The first-order chi connectivity index (χ1) is 15.8. The molecule has 1 aromatic carbocycles. The summed E-state index contributed by atoms with van der Waals surface area (Å²) in [6.45, 7) is 2.16. The molecule has 1 fully saturated rings. The minimum atomic E-state index is -2.13. The van der Waals surface area contributed by atoms with Crippen LogP contribution in [0.2, 0.25) is 0 Å². The Bertz CT molecular complexity index is 717. The van der Waals surface area contributed by atoms with Gasteiger partial charge in [-0.25, -0.2) is 22.0 Å². The molecule has 0 amide bonds. The minimum absolute atomic E-state index is 0.130. The smallest absolute Gasteiger partial charge is 0.285 e. The lowest BCUT2D eigenvalue weighted by Gasteiger charge is -2.43. The van der Waals surface area contributed by atoms with E-state index in [-0.39, 0.29) is 18.3 Å². The van der Waals surface area contributed by atoms with Crippen molar-refractivity contribution >= 4 is 0 Å². The third kappa shape index (κ3) is 6.25. The summed E-state index contributed by atoms with van der Waals surface area (Å²) in [6, 6.07) is 0. The molecule has 8 heteroatoms. The summed E-state index contributed by atoms with van der Waals surface area (Å²) in [4.78, 5) is 0. The van der Waals surface area contributed by atoms with Gasteiger partial charge in [0.25, 0.3) is 5.97 Å². The molecule has 1 aliphatic rings. The van der Waals surface area contributed by atoms with Gasteiger partial charge in [0.1, 0.15) is 0 Å². The monoisotopic (exact) mass is 480 g/mol. The average Bonchev–Trinajstić information content (AvgIpc) is 2.84. The molecule has 33 heavy (non-hydrogen) atoms. The molecule has 0 aliphatic heterocycles. The van der Waals surface area contributed by atoms with Crippen molar-refractivity contribution in [2.45, 2.75) is 89.4 Å². The van der Waals surface area contributed by atoms with Crippen LogP contribution in [0.5, 0.6) is 0 Å². The zero-order valence-corrected chi connectivity index (χ0v) is 20.1. The van der Waals surface area contributed by atoms with Crippen molar-refractivity contribution in [2.75, 3.05) is 21.3 Å². The lowest BCUT2D eigenvalue weighted by Crippen LogP contribution is -2.48. The van der Waals surface area contributed by atoms with Gasteiger partial charge in [-0.05, 0) is 37.5 Å². The zero-order valence-electron chi connectivity index (χ0n) is 20.1. The van der Waals surface area contributed by atoms with Gasteiger partial charge >= 0.3 is 0 Å². The highest BCUT2D eigenvalue weighted by atomic mass is 19.2. The van der Waals surface area contributed by atoms with Gasteiger partial charge in [-0.3, -0.25) is 0 Å². The predicted octanol–water partition coefficient (Wildman–Crippen LogP) is 7.62. The van der Waals surface area contributed by atoms with E-state index < -0.39 is 46.5 Å². The number of unbranched alkanes of at least 4 members (excludes halogenated alkanes) is 5. The van der Waals surface area contributed by atoms with Gasteiger partial charge in [0, 0.05) is 32.8 Å². The van der Waals surface area contributed by atoms with Gasteiger partial charge < -0.3 is 14.2 Å². The second-order valence-electron chi connectivity index (χ2n) is 8.99. The van der Waals surface area contributed by atoms with Crippen molar-refractivity contribution in [3.63, 3.8) is 0 Å². The maximum atomic E-state index is 14.5. The molecule has 0 aromatic heterocycles. The van der Waals surface area contributed by atoms with Crippen LogP contribution >= 0.6 is 0 Å². The standard InChI is InChI=1S/C25H37F5O3/c1-5-6-7-8-9-10-14-18(25(31-2,32-3)33-4)16-12-11-13-17(15-16)19-20(26)22(28)24(30)23(29)21(19)27/h16-18H,5-15H2,1-4H3. The highest BCUT2D eigenvalue weighted by Crippen LogP contribution is 2.47. The van der Waals surface area contributed by atoms with Crippen LogP contribution in [0.15, 0.2) is 0 Å². The Morgan fingerprint density at radius 2 is 1.27 bits per heavy atom. The van der Waals surface area contributed by atoms with Gasteiger partial charge in [0.2, 0.25) is 5.82 Å². The molecule has 0 spiro atoms. The van der Waals surface area contributed by atoms with Crippen molar-refractivity contribution in [1.82, 2.24) is 0 Å². The lowest BCUT2D eigenvalue weighted by molar-refractivity contribution is -0.387. The Morgan fingerprint density at radius 3 is 1.82 bits per heavy atom. The van der Waals surface area contributed by atoms with E-state index in [9.17, 15) is 22.0 Å². The summed E-state index contributed by atoms with van der Waals surface area (Å²) in [5.41, 5.74) is -0.715. The predicted molar refractivity (Wildman–Crippen MR) is 116 cm³/mol. The fourth-order valence-electron chi connectivity index (χ4n) is 5.39. The van der Waals surface area contributed by atoms with Crippen LogP contribution in [-0.4, -0.2) is 27.3 Å². The van der Waals surface area contributed by atoms with Crippen molar-refractivity contribution < 1.29 is 36.2 Å². The van der Waals surface area contributed by atoms with Crippen molar-refractivity contribution in [3.8, 4) is 0 Å². The largest absolute Gasteiger partial charge is 0.331 e. The molecular weight excluding hydrogens is 443 g/mol. The third-order valence-electron chi connectivity index (χ3n) is 7.11. The fourth-order valence-corrected chi connectivity index (χ4v) is 5.39. The fraction of sp³-hybridized carbons (Fsp3) is 0.760. The molecule has 1 saturated carbocycles. The normalized spacial score (nSPS) is 20.3. The summed E-state index contributed by atoms with van der Waals surface area (Å²) < 4.78 is 87.1. The van der Waals surface area contributed by atoms with E-state index in [0.717, 1.165) is 38.5 Å². The second kappa shape index (κ2) is 13.0. The second-order valence-corrected chi connectivity index (χ2v) is 8.99. The molecular formula is C25H37F5O3. The Morgan fingerprint density at radius 1 is 0.758 bits per heavy atom. The van der Waals surface area contributed by atoms with Gasteiger partial charge in [-0.1, -0.05) is 51.9 Å². The first-order valence-corrected chi connectivity index (χ1v) is 11.9. The van der Waals surface area contributed by atoms with Crippen LogP contribution in [0.4, 0.5) is 22.0 Å². The number of benzene rings is 1. The average molecular weight is 481 g/mol. The van der Waals surface area contributed by atoms with E-state index in [1.54, 1.807) is 0 Å². The van der Waals surface area contributed by atoms with Crippen LogP contribution in [0.1, 0.15) is 89.0 Å². The molecule has 0 radical (unpaired) electrons. The van der Waals surface area contributed by atoms with E-state index in [4.69, 9.17) is 14.2 Å². The third-order valence-corrected chi connectivity index (χ3v) is 7.11. The topological polar surface area (TPSA) is 27.7 Å². The van der Waals surface area contributed by atoms with Crippen LogP contribution in [0.25, 0.3) is 0 Å². The molecule has 1 aromatic rings. The van der Waals surface area contributed by atoms with Crippen LogP contribution in [0, 0.1) is 40.9 Å². The Kier molecular flexibility index (Phi) is 11.0. The van der Waals surface area contributed by atoms with E-state index >= 15 is 0 Å². The number of halogens is 5. The molecule has 3 atom stereocenters. The number of hydrogen-bond acceptors (Lipinski definition) is 3. The minimum Gasteiger partial charge on any atom is -0.331 e. The molecule has 0 bridgehead atoms. The van der Waals surface area contributed by atoms with E-state index in [1.165, 1.54) is 27.8 Å². The van der Waals surface area contributed by atoms with Crippen molar-refractivity contribution in [1.29, 1.82) is 0 Å². The van der Waals surface area contributed by atoms with E-state index in [0.29, 0.717) is 19.3 Å². The Hall–Kier alpha value is -1.25. The molecule has 2 rings (SSSR count). The van der Waals surface area contributed by atoms with Gasteiger partial charge in [0.15, 0.2) is 23.3 Å². The van der Waals surface area contributed by atoms with E-state index in [1.807, 2.05) is 0 Å². The van der Waals surface area contributed by atoms with E-state index in [2.05, 4.69) is 6.92 Å². The highest BCUT2D eigenvalue weighted by molar-refractivity contribution is 5.28. The first kappa shape index (κ1) is 28.0. The van der Waals surface area contributed by atoms with Gasteiger partial charge in [0.05, 0.1) is 0 Å². The number of methoxy groups -OCH3 is 3. The van der Waals surface area contributed by atoms with Crippen LogP contribution in [-0.2, 0) is 14.2 Å². The summed E-state index contributed by atoms with van der Waals surface area (Å²) >= 11 is 0. The number of ether oxygens (including phenoxy) is 3. The molecule has 0 saturated heterocycles. The lowest BCUT2D eigenvalue weighted by atomic mass is 9.70. The Balaban J connectivity index is 2.27. The highest BCUT2D eigenvalue weighted by Gasteiger charge is 2.46. The summed E-state index contributed by atoms with van der Waals surface area (Å²) in [5, 5.41) is 0. The summed E-state index contributed by atoms with van der Waals surface area (Å²) in [5.74, 6) is -11.9. The van der Waals surface area contributed by atoms with Crippen molar-refractivity contribution in [3.05, 3.63) is 34.6 Å². The van der Waals surface area contributed by atoms with Crippen molar-refractivity contribution in [2.24, 2.45) is 11.8 Å². The maximum Gasteiger partial charge on any atom is 0.285 e. The Labute approximate surface area is 194 Å². The number of rotatable bonds is 13. The summed E-state index contributed by atoms with van der Waals surface area (Å²) in [7, 11) is 4.43. The van der Waals surface area contributed by atoms with Crippen LogP contribution in [0.3, 0.4) is 0 Å². The first-order valence-electron chi connectivity index (χ1n) is 11.9. The zero-order chi connectivity index (χ0) is 24.6. The quantitative estimate of drug-likeness (QED) is 0.0956. The van der Waals surface area contributed by atoms with Crippen LogP contribution < -0.4 is 0 Å². The number of hydrogen-bond donors (Lipinski definition) is 0. The molecule has 0 heterocycles. The summed E-state index contributed by atoms with van der Waals surface area (Å²) in [6.07, 6.45) is 9.17. The molecule has 0 N–H and O–H groups in total. The van der Waals surface area contributed by atoms with Gasteiger partial charge in [-0.15, -0.1) is 0 Å². The molecule has 3 unspecified atom stereocenters. The molecule has 3 nitrogen and oxygen atoms in total. The SMILES string of the molecule is CCCCCCCCC(C1CCCC(c2c(F)c(F)c(F)c(F)c2F)C1)C(OC)(OC)OC. The van der Waals surface area contributed by atoms with Gasteiger partial charge in [-0.2, -0.15) is 0 Å². The molecule has 190 valence electrons. The maximum absolute atomic E-state index is 14.5. The molecule has 1 aliphatic carbocycles.